The molecule has 1 aromatic carbocycles. The Morgan fingerprint density at radius 2 is 2.00 bits per heavy atom. The van der Waals surface area contributed by atoms with Crippen LogP contribution in [-0.2, 0) is 17.1 Å². The first kappa shape index (κ1) is 21.7. The molecule has 29 heavy (non-hydrogen) atoms. The third-order valence-corrected chi connectivity index (χ3v) is 6.88. The largest absolute Gasteiger partial charge is 0.337 e. The molecule has 2 N–H and O–H groups in total. The van der Waals surface area contributed by atoms with Gasteiger partial charge in [0, 0.05) is 18.3 Å². The van der Waals surface area contributed by atoms with Gasteiger partial charge in [-0.3, -0.25) is 10.2 Å². The van der Waals surface area contributed by atoms with Gasteiger partial charge >= 0.3 is 0 Å². The van der Waals surface area contributed by atoms with Gasteiger partial charge in [-0.15, -0.1) is 4.83 Å². The van der Waals surface area contributed by atoms with Crippen molar-refractivity contribution in [2.45, 2.75) is 39.0 Å². The van der Waals surface area contributed by atoms with Crippen molar-refractivity contribution >= 4 is 27.5 Å². The lowest BCUT2D eigenvalue weighted by molar-refractivity contribution is 0.0941. The number of halogens is 2. The Balaban J connectivity index is 1.75. The van der Waals surface area contributed by atoms with Crippen LogP contribution in [-0.4, -0.2) is 29.6 Å². The second kappa shape index (κ2) is 8.81. The van der Waals surface area contributed by atoms with Crippen molar-refractivity contribution in [2.24, 2.45) is 13.0 Å². The lowest BCUT2D eigenvalue weighted by Crippen LogP contribution is -2.44. The molecule has 158 valence electrons. The molecule has 0 unspecified atom stereocenters. The molecule has 1 aliphatic rings. The van der Waals surface area contributed by atoms with E-state index >= 15 is 0 Å². The number of nitrogens with one attached hydrogen (secondary N) is 2. The highest BCUT2D eigenvalue weighted by Gasteiger charge is 2.23. The van der Waals surface area contributed by atoms with Crippen LogP contribution in [0.2, 0.25) is 5.02 Å². The normalized spacial score (nSPS) is 15.4. The molecule has 1 saturated carbocycles. The monoisotopic (exact) mass is 442 g/mol. The third kappa shape index (κ3) is 5.15. The molecule has 1 amide bonds. The molecule has 0 radical (unpaired) electrons. The van der Waals surface area contributed by atoms with Gasteiger partial charge in [-0.1, -0.05) is 30.9 Å². The van der Waals surface area contributed by atoms with Crippen molar-refractivity contribution in [3.05, 3.63) is 40.6 Å². The number of benzene rings is 1. The van der Waals surface area contributed by atoms with Crippen molar-refractivity contribution in [3.8, 4) is 11.3 Å². The van der Waals surface area contributed by atoms with E-state index in [2.05, 4.69) is 15.2 Å². The number of carbonyl (C=O) groups excluding carboxylic acids is 1. The van der Waals surface area contributed by atoms with E-state index in [1.807, 2.05) is 14.0 Å². The molecule has 2 aromatic rings. The first-order valence-corrected chi connectivity index (χ1v) is 11.5. The molecular weight excluding hydrogens is 419 g/mol. The topological polar surface area (TPSA) is 93.1 Å². The number of aromatic nitrogens is 2. The summed E-state index contributed by atoms with van der Waals surface area (Å²) in [4.78, 5) is 18.8. The maximum absolute atomic E-state index is 14.5. The second-order valence-electron chi connectivity index (χ2n) is 7.45. The molecular formula is C19H24ClFN4O3S. The van der Waals surface area contributed by atoms with Crippen LogP contribution in [0.1, 0.15) is 48.2 Å². The highest BCUT2D eigenvalue weighted by Crippen LogP contribution is 2.29. The Kier molecular flexibility index (Phi) is 6.60. The number of aryl methyl sites for hydroxylation is 1. The van der Waals surface area contributed by atoms with E-state index in [4.69, 9.17) is 11.6 Å². The molecule has 10 heteroatoms. The number of imidazole rings is 1. The minimum atomic E-state index is -3.73. The summed E-state index contributed by atoms with van der Waals surface area (Å²) in [6.07, 6.45) is 6.44. The van der Waals surface area contributed by atoms with Gasteiger partial charge in [-0.25, -0.2) is 17.8 Å². The molecule has 0 aliphatic heterocycles. The van der Waals surface area contributed by atoms with E-state index in [0.717, 1.165) is 37.8 Å². The first-order chi connectivity index (χ1) is 13.7. The molecule has 1 fully saturated rings. The van der Waals surface area contributed by atoms with E-state index in [9.17, 15) is 17.6 Å². The fraction of sp³-hybridized carbons (Fsp3) is 0.474. The minimum absolute atomic E-state index is 0.0658. The Morgan fingerprint density at radius 1 is 1.31 bits per heavy atom. The van der Waals surface area contributed by atoms with Crippen LogP contribution in [0.5, 0.6) is 0 Å². The number of hydrazine groups is 1. The Morgan fingerprint density at radius 3 is 2.62 bits per heavy atom. The summed E-state index contributed by atoms with van der Waals surface area (Å²) in [5, 5.41) is -0.247. The Hall–Kier alpha value is -1.97. The van der Waals surface area contributed by atoms with E-state index < -0.39 is 21.7 Å². The van der Waals surface area contributed by atoms with E-state index in [0.29, 0.717) is 11.3 Å². The van der Waals surface area contributed by atoms with Gasteiger partial charge in [0.15, 0.2) is 5.82 Å². The highest BCUT2D eigenvalue weighted by molar-refractivity contribution is 7.89. The number of rotatable bonds is 6. The third-order valence-electron chi connectivity index (χ3n) is 5.28. The second-order valence-corrected chi connectivity index (χ2v) is 9.62. The molecule has 7 nitrogen and oxygen atoms in total. The predicted molar refractivity (Wildman–Crippen MR) is 109 cm³/mol. The smallest absolute Gasteiger partial charge is 0.269 e. The number of nitrogens with zero attached hydrogens (tertiary/aromatic N) is 2. The van der Waals surface area contributed by atoms with Crippen LogP contribution in [0.15, 0.2) is 18.5 Å². The first-order valence-electron chi connectivity index (χ1n) is 9.45. The number of sulfonamides is 1. The lowest BCUT2D eigenvalue weighted by Gasteiger charge is -2.21. The van der Waals surface area contributed by atoms with Crippen molar-refractivity contribution in [1.29, 1.82) is 0 Å². The molecule has 1 aliphatic carbocycles. The van der Waals surface area contributed by atoms with Crippen LogP contribution in [0.25, 0.3) is 11.3 Å². The summed E-state index contributed by atoms with van der Waals surface area (Å²) < 4.78 is 40.8. The zero-order valence-corrected chi connectivity index (χ0v) is 17.9. The van der Waals surface area contributed by atoms with Gasteiger partial charge in [-0.2, -0.15) is 0 Å². The van der Waals surface area contributed by atoms with Crippen molar-refractivity contribution < 1.29 is 17.6 Å². The van der Waals surface area contributed by atoms with E-state index in [-0.39, 0.29) is 22.3 Å². The molecule has 0 bridgehead atoms. The molecule has 0 saturated heterocycles. The summed E-state index contributed by atoms with van der Waals surface area (Å²) >= 11 is 5.96. The molecule has 0 spiro atoms. The summed E-state index contributed by atoms with van der Waals surface area (Å²) in [6.45, 7) is 1.83. The van der Waals surface area contributed by atoms with Crippen LogP contribution in [0, 0.1) is 18.7 Å². The van der Waals surface area contributed by atoms with Gasteiger partial charge in [0.2, 0.25) is 10.0 Å². The average Bonchev–Trinajstić information content (AvgIpc) is 3.01. The Labute approximate surface area is 174 Å². The number of amides is 1. The predicted octanol–water partition coefficient (Wildman–Crippen LogP) is 3.33. The van der Waals surface area contributed by atoms with Crippen molar-refractivity contribution in [3.63, 3.8) is 0 Å². The Bertz CT molecular complexity index is 1020. The van der Waals surface area contributed by atoms with Gasteiger partial charge in [0.05, 0.1) is 28.4 Å². The number of hydrogen-bond donors (Lipinski definition) is 2. The van der Waals surface area contributed by atoms with Crippen molar-refractivity contribution in [1.82, 2.24) is 19.8 Å². The van der Waals surface area contributed by atoms with Gasteiger partial charge in [-0.05, 0) is 37.8 Å². The average molecular weight is 443 g/mol. The van der Waals surface area contributed by atoms with E-state index in [1.54, 1.807) is 10.9 Å². The number of hydrogen-bond acceptors (Lipinski definition) is 4. The molecule has 0 atom stereocenters. The highest BCUT2D eigenvalue weighted by atomic mass is 35.5. The van der Waals surface area contributed by atoms with Crippen LogP contribution < -0.4 is 10.3 Å². The molecule has 1 aromatic heterocycles. The SMILES string of the molecule is Cc1c(-c2cc(Cl)c(F)c(C(=O)NNS(=O)(=O)CC3CCCCC3)c2)ncn1C. The summed E-state index contributed by atoms with van der Waals surface area (Å²) in [6, 6.07) is 2.69. The van der Waals surface area contributed by atoms with Gasteiger partial charge < -0.3 is 4.57 Å². The lowest BCUT2D eigenvalue weighted by atomic mass is 9.91. The quantitative estimate of drug-likeness (QED) is 0.671. The summed E-state index contributed by atoms with van der Waals surface area (Å²) in [7, 11) is -1.91. The van der Waals surface area contributed by atoms with Gasteiger partial charge in [0.1, 0.15) is 0 Å². The summed E-state index contributed by atoms with van der Waals surface area (Å²) in [5.74, 6) is -1.84. The van der Waals surface area contributed by atoms with Crippen molar-refractivity contribution in [2.75, 3.05) is 5.75 Å². The van der Waals surface area contributed by atoms with Crippen LogP contribution in [0.4, 0.5) is 4.39 Å². The summed E-state index contributed by atoms with van der Waals surface area (Å²) in [5.41, 5.74) is 3.56. The molecule has 3 rings (SSSR count). The standard InChI is InChI=1S/C19H24ClFN4O3S/c1-12-18(22-11-25(12)2)14-8-15(17(21)16(20)9-14)19(26)23-24-29(27,28)10-13-6-4-3-5-7-13/h8-9,11,13,24H,3-7,10H2,1-2H3,(H,23,26). The maximum Gasteiger partial charge on any atom is 0.269 e. The zero-order valence-electron chi connectivity index (χ0n) is 16.3. The number of carbonyl (C=O) groups is 1. The maximum atomic E-state index is 14.5. The van der Waals surface area contributed by atoms with E-state index in [1.165, 1.54) is 12.1 Å². The fourth-order valence-corrected chi connectivity index (χ4v) is 5.07. The minimum Gasteiger partial charge on any atom is -0.337 e. The molecule has 1 heterocycles. The van der Waals surface area contributed by atoms with Crippen LogP contribution >= 0.6 is 11.6 Å². The van der Waals surface area contributed by atoms with Crippen LogP contribution in [0.3, 0.4) is 0 Å². The zero-order chi connectivity index (χ0) is 21.2. The van der Waals surface area contributed by atoms with Gasteiger partial charge in [0.25, 0.3) is 5.91 Å². The fourth-order valence-electron chi connectivity index (χ4n) is 3.56.